The SMILES string of the molecule is COC1CC(Nc2cccnc2N(C)C)C1. The first-order valence-electron chi connectivity index (χ1n) is 5.62. The average molecular weight is 221 g/mol. The molecule has 2 rings (SSSR count). The third-order valence-corrected chi connectivity index (χ3v) is 3.00. The predicted octanol–water partition coefficient (Wildman–Crippen LogP) is 1.74. The Bertz CT molecular complexity index is 348. The molecule has 1 aliphatic rings. The summed E-state index contributed by atoms with van der Waals surface area (Å²) >= 11 is 0. The lowest BCUT2D eigenvalue weighted by Gasteiger charge is -2.35. The summed E-state index contributed by atoms with van der Waals surface area (Å²) in [7, 11) is 5.79. The maximum atomic E-state index is 5.27. The number of ether oxygens (including phenoxy) is 1. The van der Waals surface area contributed by atoms with Crippen LogP contribution < -0.4 is 10.2 Å². The van der Waals surface area contributed by atoms with Crippen LogP contribution in [0, 0.1) is 0 Å². The summed E-state index contributed by atoms with van der Waals surface area (Å²) in [6.07, 6.45) is 4.41. The summed E-state index contributed by atoms with van der Waals surface area (Å²) in [5, 5.41) is 3.51. The first-order chi connectivity index (χ1) is 7.70. The molecule has 0 unspecified atom stereocenters. The Morgan fingerprint density at radius 3 is 2.81 bits per heavy atom. The van der Waals surface area contributed by atoms with Crippen LogP contribution >= 0.6 is 0 Å². The van der Waals surface area contributed by atoms with E-state index in [1.807, 2.05) is 31.3 Å². The summed E-state index contributed by atoms with van der Waals surface area (Å²) in [6.45, 7) is 0. The highest BCUT2D eigenvalue weighted by molar-refractivity contribution is 5.65. The molecule has 4 heteroatoms. The van der Waals surface area contributed by atoms with Crippen LogP contribution in [0.5, 0.6) is 0 Å². The summed E-state index contributed by atoms with van der Waals surface area (Å²) in [5.74, 6) is 0.989. The van der Waals surface area contributed by atoms with E-state index in [0.29, 0.717) is 12.1 Å². The van der Waals surface area contributed by atoms with E-state index in [1.165, 1.54) is 0 Å². The van der Waals surface area contributed by atoms with E-state index < -0.39 is 0 Å². The molecule has 1 aromatic heterocycles. The smallest absolute Gasteiger partial charge is 0.151 e. The second-order valence-electron chi connectivity index (χ2n) is 4.44. The summed E-state index contributed by atoms with van der Waals surface area (Å²) in [5.41, 5.74) is 1.10. The second kappa shape index (κ2) is 4.70. The number of hydrogen-bond donors (Lipinski definition) is 1. The minimum atomic E-state index is 0.428. The van der Waals surface area contributed by atoms with E-state index in [4.69, 9.17) is 4.74 Å². The lowest BCUT2D eigenvalue weighted by molar-refractivity contribution is 0.0329. The highest BCUT2D eigenvalue weighted by atomic mass is 16.5. The Kier molecular flexibility index (Phi) is 3.29. The lowest BCUT2D eigenvalue weighted by atomic mass is 9.89. The monoisotopic (exact) mass is 221 g/mol. The van der Waals surface area contributed by atoms with Crippen LogP contribution in [0.25, 0.3) is 0 Å². The fourth-order valence-corrected chi connectivity index (χ4v) is 1.96. The largest absolute Gasteiger partial charge is 0.381 e. The van der Waals surface area contributed by atoms with Crippen LogP contribution in [0.15, 0.2) is 18.3 Å². The average Bonchev–Trinajstić information content (AvgIpc) is 2.23. The van der Waals surface area contributed by atoms with E-state index in [9.17, 15) is 0 Å². The van der Waals surface area contributed by atoms with Crippen molar-refractivity contribution in [1.82, 2.24) is 4.98 Å². The van der Waals surface area contributed by atoms with Crippen molar-refractivity contribution in [3.8, 4) is 0 Å². The van der Waals surface area contributed by atoms with Crippen LogP contribution in [0.4, 0.5) is 11.5 Å². The Labute approximate surface area is 96.6 Å². The molecule has 0 aliphatic heterocycles. The molecule has 0 spiro atoms. The number of rotatable bonds is 4. The first kappa shape index (κ1) is 11.2. The molecule has 0 bridgehead atoms. The van der Waals surface area contributed by atoms with Crippen LogP contribution in [-0.2, 0) is 4.74 Å². The number of nitrogens with one attached hydrogen (secondary N) is 1. The molecule has 88 valence electrons. The Balaban J connectivity index is 1.99. The summed E-state index contributed by atoms with van der Waals surface area (Å²) in [6, 6.07) is 4.55. The van der Waals surface area contributed by atoms with Gasteiger partial charge >= 0.3 is 0 Å². The Hall–Kier alpha value is -1.29. The molecule has 0 amide bonds. The van der Waals surface area contributed by atoms with Gasteiger partial charge in [-0.25, -0.2) is 4.98 Å². The Morgan fingerprint density at radius 2 is 2.19 bits per heavy atom. The first-order valence-corrected chi connectivity index (χ1v) is 5.62. The van der Waals surface area contributed by atoms with Crippen molar-refractivity contribution in [1.29, 1.82) is 0 Å². The van der Waals surface area contributed by atoms with Gasteiger partial charge in [-0.1, -0.05) is 0 Å². The number of anilines is 2. The molecular weight excluding hydrogens is 202 g/mol. The van der Waals surface area contributed by atoms with Gasteiger partial charge < -0.3 is 15.0 Å². The van der Waals surface area contributed by atoms with E-state index in [-0.39, 0.29) is 0 Å². The molecule has 1 N–H and O–H groups in total. The topological polar surface area (TPSA) is 37.4 Å². The van der Waals surface area contributed by atoms with Gasteiger partial charge in [-0.05, 0) is 25.0 Å². The number of hydrogen-bond acceptors (Lipinski definition) is 4. The minimum Gasteiger partial charge on any atom is -0.381 e. The highest BCUT2D eigenvalue weighted by Crippen LogP contribution is 2.29. The number of methoxy groups -OCH3 is 1. The van der Waals surface area contributed by atoms with Crippen molar-refractivity contribution in [3.63, 3.8) is 0 Å². The fraction of sp³-hybridized carbons (Fsp3) is 0.583. The molecule has 4 nitrogen and oxygen atoms in total. The van der Waals surface area contributed by atoms with E-state index in [2.05, 4.69) is 16.4 Å². The fourth-order valence-electron chi connectivity index (χ4n) is 1.96. The van der Waals surface area contributed by atoms with Gasteiger partial charge in [0.25, 0.3) is 0 Å². The van der Waals surface area contributed by atoms with Gasteiger partial charge in [0, 0.05) is 33.4 Å². The molecule has 1 aliphatic carbocycles. The number of nitrogens with zero attached hydrogens (tertiary/aromatic N) is 2. The van der Waals surface area contributed by atoms with Crippen molar-refractivity contribution < 1.29 is 4.74 Å². The molecule has 1 aromatic rings. The third kappa shape index (κ3) is 2.27. The molecular formula is C12H19N3O. The molecule has 0 radical (unpaired) electrons. The summed E-state index contributed by atoms with van der Waals surface area (Å²) < 4.78 is 5.27. The van der Waals surface area contributed by atoms with Crippen LogP contribution in [0.1, 0.15) is 12.8 Å². The van der Waals surface area contributed by atoms with Crippen molar-refractivity contribution in [2.45, 2.75) is 25.0 Å². The molecule has 1 heterocycles. The van der Waals surface area contributed by atoms with Crippen molar-refractivity contribution in [2.75, 3.05) is 31.4 Å². The van der Waals surface area contributed by atoms with E-state index >= 15 is 0 Å². The van der Waals surface area contributed by atoms with Gasteiger partial charge in [-0.2, -0.15) is 0 Å². The van der Waals surface area contributed by atoms with Crippen LogP contribution in [0.3, 0.4) is 0 Å². The van der Waals surface area contributed by atoms with Crippen molar-refractivity contribution >= 4 is 11.5 Å². The normalized spacial score (nSPS) is 23.7. The maximum absolute atomic E-state index is 5.27. The molecule has 0 aromatic carbocycles. The zero-order valence-corrected chi connectivity index (χ0v) is 10.1. The lowest BCUT2D eigenvalue weighted by Crippen LogP contribution is -2.40. The van der Waals surface area contributed by atoms with Gasteiger partial charge in [0.15, 0.2) is 5.82 Å². The van der Waals surface area contributed by atoms with Gasteiger partial charge in [0.1, 0.15) is 0 Å². The van der Waals surface area contributed by atoms with E-state index in [1.54, 1.807) is 7.11 Å². The Morgan fingerprint density at radius 1 is 1.44 bits per heavy atom. The molecule has 16 heavy (non-hydrogen) atoms. The quantitative estimate of drug-likeness (QED) is 0.840. The van der Waals surface area contributed by atoms with Crippen molar-refractivity contribution in [3.05, 3.63) is 18.3 Å². The zero-order chi connectivity index (χ0) is 11.5. The van der Waals surface area contributed by atoms with Gasteiger partial charge in [0.05, 0.1) is 11.8 Å². The van der Waals surface area contributed by atoms with Crippen LogP contribution in [-0.4, -0.2) is 38.3 Å². The maximum Gasteiger partial charge on any atom is 0.151 e. The molecule has 0 saturated heterocycles. The number of aromatic nitrogens is 1. The predicted molar refractivity (Wildman–Crippen MR) is 66.0 cm³/mol. The standard InChI is InChI=1S/C12H19N3O/c1-15(2)12-11(5-4-6-13-12)14-9-7-10(8-9)16-3/h4-6,9-10,14H,7-8H2,1-3H3. The van der Waals surface area contributed by atoms with E-state index in [0.717, 1.165) is 24.3 Å². The molecule has 1 saturated carbocycles. The minimum absolute atomic E-state index is 0.428. The van der Waals surface area contributed by atoms with Gasteiger partial charge in [-0.15, -0.1) is 0 Å². The number of pyridine rings is 1. The highest BCUT2D eigenvalue weighted by Gasteiger charge is 2.29. The summed E-state index contributed by atoms with van der Waals surface area (Å²) in [4.78, 5) is 6.38. The van der Waals surface area contributed by atoms with Gasteiger partial charge in [-0.3, -0.25) is 0 Å². The third-order valence-electron chi connectivity index (χ3n) is 3.00. The second-order valence-corrected chi connectivity index (χ2v) is 4.44. The van der Waals surface area contributed by atoms with Crippen molar-refractivity contribution in [2.24, 2.45) is 0 Å². The molecule has 1 fully saturated rings. The molecule has 0 atom stereocenters. The van der Waals surface area contributed by atoms with Gasteiger partial charge in [0.2, 0.25) is 0 Å². The van der Waals surface area contributed by atoms with Crippen LogP contribution in [0.2, 0.25) is 0 Å². The zero-order valence-electron chi connectivity index (χ0n) is 10.1.